The average molecular weight is 342 g/mol. The monoisotopic (exact) mass is 342 g/mol. The molecule has 0 saturated carbocycles. The van der Waals surface area contributed by atoms with Crippen LogP contribution in [0.15, 0.2) is 48.5 Å². The zero-order chi connectivity index (χ0) is 18.4. The van der Waals surface area contributed by atoms with Crippen LogP contribution in [0.5, 0.6) is 0 Å². The Balaban J connectivity index is 2.11. The summed E-state index contributed by atoms with van der Waals surface area (Å²) in [7, 11) is 0. The number of halogens is 1. The Hall–Kier alpha value is -2.69. The van der Waals surface area contributed by atoms with Crippen LogP contribution in [0.4, 0.5) is 10.1 Å². The Morgan fingerprint density at radius 3 is 2.36 bits per heavy atom. The molecule has 2 aromatic rings. The molecule has 2 aromatic carbocycles. The molecule has 0 aliphatic heterocycles. The van der Waals surface area contributed by atoms with Crippen LogP contribution in [0.3, 0.4) is 0 Å². The predicted octanol–water partition coefficient (Wildman–Crippen LogP) is 3.62. The van der Waals surface area contributed by atoms with Gasteiger partial charge in [0.25, 0.3) is 0 Å². The van der Waals surface area contributed by atoms with Crippen molar-refractivity contribution in [2.75, 3.05) is 11.4 Å². The van der Waals surface area contributed by atoms with Crippen LogP contribution in [-0.2, 0) is 16.1 Å². The Labute approximate surface area is 147 Å². The molecule has 5 heteroatoms. The maximum atomic E-state index is 13.6. The Kier molecular flexibility index (Phi) is 6.28. The van der Waals surface area contributed by atoms with E-state index < -0.39 is 0 Å². The van der Waals surface area contributed by atoms with Crippen molar-refractivity contribution in [3.8, 4) is 0 Å². The lowest BCUT2D eigenvalue weighted by Gasteiger charge is -2.25. The number of carbonyl (C=O) groups excluding carboxylic acids is 2. The molecular formula is C20H23FN2O2. The molecule has 0 aromatic heterocycles. The minimum Gasteiger partial charge on any atom is -0.350 e. The van der Waals surface area contributed by atoms with Gasteiger partial charge >= 0.3 is 0 Å². The predicted molar refractivity (Wildman–Crippen MR) is 96.8 cm³/mol. The number of para-hydroxylation sites is 1. The molecule has 2 amide bonds. The van der Waals surface area contributed by atoms with Crippen molar-refractivity contribution < 1.29 is 14.0 Å². The Morgan fingerprint density at radius 2 is 1.72 bits per heavy atom. The maximum absolute atomic E-state index is 13.6. The molecule has 25 heavy (non-hydrogen) atoms. The van der Waals surface area contributed by atoms with Gasteiger partial charge in [-0.3, -0.25) is 9.59 Å². The minimum absolute atomic E-state index is 0.0864. The molecule has 0 spiro atoms. The number of nitrogens with zero attached hydrogens (tertiary/aromatic N) is 1. The highest BCUT2D eigenvalue weighted by Gasteiger charge is 2.19. The van der Waals surface area contributed by atoms with Gasteiger partial charge in [-0.05, 0) is 23.6 Å². The average Bonchev–Trinajstić information content (AvgIpc) is 2.58. The van der Waals surface area contributed by atoms with E-state index in [0.29, 0.717) is 5.56 Å². The third-order valence-corrected chi connectivity index (χ3v) is 3.97. The normalized spacial score (nSPS) is 10.6. The number of rotatable bonds is 6. The minimum atomic E-state index is -0.364. The number of benzene rings is 2. The number of hydrogen-bond donors (Lipinski definition) is 1. The zero-order valence-electron chi connectivity index (χ0n) is 14.8. The summed E-state index contributed by atoms with van der Waals surface area (Å²) in [6, 6.07) is 13.8. The number of nitrogens with one attached hydrogen (secondary N) is 1. The van der Waals surface area contributed by atoms with Crippen LogP contribution >= 0.6 is 0 Å². The SMILES string of the molecule is CC(=O)N(CC(=O)NCc1ccccc1F)c1ccccc1C(C)C. The molecule has 4 nitrogen and oxygen atoms in total. The molecule has 132 valence electrons. The lowest BCUT2D eigenvalue weighted by molar-refractivity contribution is -0.123. The van der Waals surface area contributed by atoms with Gasteiger partial charge in [0, 0.05) is 24.7 Å². The van der Waals surface area contributed by atoms with Gasteiger partial charge in [0.05, 0.1) is 0 Å². The lowest BCUT2D eigenvalue weighted by Crippen LogP contribution is -2.40. The second-order valence-electron chi connectivity index (χ2n) is 6.19. The van der Waals surface area contributed by atoms with Gasteiger partial charge < -0.3 is 10.2 Å². The molecular weight excluding hydrogens is 319 g/mol. The number of carbonyl (C=O) groups is 2. The van der Waals surface area contributed by atoms with E-state index >= 15 is 0 Å². The standard InChI is InChI=1S/C20H23FN2O2/c1-14(2)17-9-5-7-11-19(17)23(15(3)24)13-20(25)22-12-16-8-4-6-10-18(16)21/h4-11,14H,12-13H2,1-3H3,(H,22,25). The lowest BCUT2D eigenvalue weighted by atomic mass is 10.0. The highest BCUT2D eigenvalue weighted by Crippen LogP contribution is 2.27. The van der Waals surface area contributed by atoms with Gasteiger partial charge in [0.2, 0.25) is 11.8 Å². The smallest absolute Gasteiger partial charge is 0.240 e. The molecule has 0 unspecified atom stereocenters. The van der Waals surface area contributed by atoms with E-state index in [2.05, 4.69) is 5.32 Å². The molecule has 2 rings (SSSR count). The van der Waals surface area contributed by atoms with Crippen LogP contribution in [0, 0.1) is 5.82 Å². The van der Waals surface area contributed by atoms with Gasteiger partial charge in [0.15, 0.2) is 0 Å². The third kappa shape index (κ3) is 4.89. The first-order chi connectivity index (χ1) is 11.9. The topological polar surface area (TPSA) is 49.4 Å². The van der Waals surface area contributed by atoms with E-state index in [1.54, 1.807) is 18.2 Å². The number of amides is 2. The Bertz CT molecular complexity index is 759. The van der Waals surface area contributed by atoms with Crippen LogP contribution in [-0.4, -0.2) is 18.4 Å². The first-order valence-electron chi connectivity index (χ1n) is 8.27. The van der Waals surface area contributed by atoms with Crippen molar-refractivity contribution in [3.05, 3.63) is 65.5 Å². The summed E-state index contributed by atoms with van der Waals surface area (Å²) >= 11 is 0. The van der Waals surface area contributed by atoms with E-state index in [1.807, 2.05) is 38.1 Å². The summed E-state index contributed by atoms with van der Waals surface area (Å²) in [5, 5.41) is 2.67. The van der Waals surface area contributed by atoms with Gasteiger partial charge in [0.1, 0.15) is 12.4 Å². The molecule has 0 radical (unpaired) electrons. The van der Waals surface area contributed by atoms with Gasteiger partial charge in [-0.25, -0.2) is 4.39 Å². The van der Waals surface area contributed by atoms with Crippen molar-refractivity contribution >= 4 is 17.5 Å². The summed E-state index contributed by atoms with van der Waals surface area (Å²) in [5.74, 6) is -0.693. The van der Waals surface area contributed by atoms with E-state index in [-0.39, 0.29) is 36.6 Å². The van der Waals surface area contributed by atoms with Crippen LogP contribution in [0.25, 0.3) is 0 Å². The van der Waals surface area contributed by atoms with Crippen molar-refractivity contribution in [3.63, 3.8) is 0 Å². The van der Waals surface area contributed by atoms with Crippen molar-refractivity contribution in [1.82, 2.24) is 5.32 Å². The molecule has 0 fully saturated rings. The summed E-state index contributed by atoms with van der Waals surface area (Å²) in [5.41, 5.74) is 2.14. The highest BCUT2D eigenvalue weighted by atomic mass is 19.1. The second-order valence-corrected chi connectivity index (χ2v) is 6.19. The van der Waals surface area contributed by atoms with Crippen molar-refractivity contribution in [2.24, 2.45) is 0 Å². The maximum Gasteiger partial charge on any atom is 0.240 e. The summed E-state index contributed by atoms with van der Waals surface area (Å²) in [6.07, 6.45) is 0. The summed E-state index contributed by atoms with van der Waals surface area (Å²) in [6.45, 7) is 5.49. The number of hydrogen-bond acceptors (Lipinski definition) is 2. The molecule has 0 bridgehead atoms. The van der Waals surface area contributed by atoms with Crippen LogP contribution < -0.4 is 10.2 Å². The fourth-order valence-electron chi connectivity index (χ4n) is 2.62. The third-order valence-electron chi connectivity index (χ3n) is 3.97. The zero-order valence-corrected chi connectivity index (χ0v) is 14.8. The van der Waals surface area contributed by atoms with E-state index in [9.17, 15) is 14.0 Å². The van der Waals surface area contributed by atoms with E-state index in [4.69, 9.17) is 0 Å². The Morgan fingerprint density at radius 1 is 1.08 bits per heavy atom. The molecule has 0 heterocycles. The van der Waals surface area contributed by atoms with Crippen LogP contribution in [0.1, 0.15) is 37.8 Å². The fraction of sp³-hybridized carbons (Fsp3) is 0.300. The van der Waals surface area contributed by atoms with Crippen LogP contribution in [0.2, 0.25) is 0 Å². The van der Waals surface area contributed by atoms with Gasteiger partial charge in [-0.15, -0.1) is 0 Å². The molecule has 0 aliphatic rings. The quantitative estimate of drug-likeness (QED) is 0.872. The number of anilines is 1. The molecule has 0 saturated heterocycles. The first kappa shape index (κ1) is 18.6. The molecule has 0 aliphatic carbocycles. The summed E-state index contributed by atoms with van der Waals surface area (Å²) in [4.78, 5) is 25.8. The second kappa shape index (κ2) is 8.42. The fourth-order valence-corrected chi connectivity index (χ4v) is 2.62. The largest absolute Gasteiger partial charge is 0.350 e. The van der Waals surface area contributed by atoms with E-state index in [1.165, 1.54) is 17.9 Å². The van der Waals surface area contributed by atoms with Crippen molar-refractivity contribution in [2.45, 2.75) is 33.2 Å². The molecule has 0 atom stereocenters. The summed E-state index contributed by atoms with van der Waals surface area (Å²) < 4.78 is 13.6. The van der Waals surface area contributed by atoms with Gasteiger partial charge in [-0.2, -0.15) is 0 Å². The van der Waals surface area contributed by atoms with Crippen molar-refractivity contribution in [1.29, 1.82) is 0 Å². The molecule has 1 N–H and O–H groups in total. The van der Waals surface area contributed by atoms with E-state index in [0.717, 1.165) is 11.3 Å². The first-order valence-corrected chi connectivity index (χ1v) is 8.27. The highest BCUT2D eigenvalue weighted by molar-refractivity contribution is 5.98. The van der Waals surface area contributed by atoms with Gasteiger partial charge in [-0.1, -0.05) is 50.2 Å².